The molecule has 0 saturated heterocycles. The number of Topliss-reactive ketones (excluding diaryl/α,β-unsaturated/α-hetero) is 1. The first-order valence-electron chi connectivity index (χ1n) is 11.4. The Hall–Kier alpha value is -1.87. The van der Waals surface area contributed by atoms with Crippen LogP contribution in [0.15, 0.2) is 18.3 Å². The predicted octanol–water partition coefficient (Wildman–Crippen LogP) is 3.49. The molecule has 0 saturated carbocycles. The minimum atomic E-state index is -0.431. The van der Waals surface area contributed by atoms with Crippen molar-refractivity contribution >= 4 is 11.8 Å². The fraction of sp³-hybridized carbons (Fsp3) is 0.708. The van der Waals surface area contributed by atoms with Crippen LogP contribution >= 0.6 is 0 Å². The lowest BCUT2D eigenvalue weighted by atomic mass is 10.1. The molecule has 1 rings (SSSR count). The number of aliphatic hydroxyl groups excluding tert-OH is 1. The van der Waals surface area contributed by atoms with Gasteiger partial charge in [-0.1, -0.05) is 0 Å². The zero-order valence-electron chi connectivity index (χ0n) is 19.8. The molecule has 8 heteroatoms. The number of ether oxygens (including phenoxy) is 4. The molecule has 1 heterocycles. The van der Waals surface area contributed by atoms with Crippen LogP contribution in [0.2, 0.25) is 0 Å². The number of hydrogen-bond donors (Lipinski definition) is 1. The number of carbonyl (C=O) groups excluding carboxylic acids is 2. The van der Waals surface area contributed by atoms with Crippen LogP contribution in [-0.4, -0.2) is 67.1 Å². The number of aliphatic hydroxyl groups is 1. The Balaban J connectivity index is 1.85. The molecule has 0 aliphatic rings. The number of carbonyl (C=O) groups is 2. The number of aromatic nitrogens is 1. The van der Waals surface area contributed by atoms with Crippen molar-refractivity contribution in [3.8, 4) is 0 Å². The van der Waals surface area contributed by atoms with E-state index in [1.807, 2.05) is 20.8 Å². The monoisotopic (exact) mass is 453 g/mol. The molecule has 32 heavy (non-hydrogen) atoms. The molecule has 0 atom stereocenters. The summed E-state index contributed by atoms with van der Waals surface area (Å²) in [6, 6.07) is 3.32. The van der Waals surface area contributed by atoms with Crippen molar-refractivity contribution in [3.63, 3.8) is 0 Å². The second-order valence-electron chi connectivity index (χ2n) is 8.47. The third-order valence-electron chi connectivity index (χ3n) is 4.32. The van der Waals surface area contributed by atoms with Gasteiger partial charge in [0.25, 0.3) is 0 Å². The summed E-state index contributed by atoms with van der Waals surface area (Å²) in [6.07, 6.45) is 5.45. The van der Waals surface area contributed by atoms with Crippen LogP contribution in [0, 0.1) is 0 Å². The largest absolute Gasteiger partial charge is 0.460 e. The Kier molecular flexibility index (Phi) is 14.7. The summed E-state index contributed by atoms with van der Waals surface area (Å²) >= 11 is 0. The van der Waals surface area contributed by atoms with Gasteiger partial charge < -0.3 is 24.1 Å². The molecular weight excluding hydrogens is 414 g/mol. The Morgan fingerprint density at radius 2 is 1.44 bits per heavy atom. The van der Waals surface area contributed by atoms with Gasteiger partial charge in [-0.15, -0.1) is 0 Å². The first kappa shape index (κ1) is 28.2. The van der Waals surface area contributed by atoms with E-state index in [0.29, 0.717) is 63.7 Å². The molecule has 0 bridgehead atoms. The fourth-order valence-electron chi connectivity index (χ4n) is 2.75. The number of unbranched alkanes of at least 4 members (excludes halogenated alkanes) is 2. The maximum atomic E-state index is 12.1. The molecule has 0 unspecified atom stereocenters. The van der Waals surface area contributed by atoms with Crippen molar-refractivity contribution in [2.45, 2.75) is 71.5 Å². The summed E-state index contributed by atoms with van der Waals surface area (Å²) in [7, 11) is 0. The highest BCUT2D eigenvalue weighted by Crippen LogP contribution is 2.10. The van der Waals surface area contributed by atoms with Gasteiger partial charge in [0.15, 0.2) is 5.78 Å². The minimum Gasteiger partial charge on any atom is -0.460 e. The first-order valence-corrected chi connectivity index (χ1v) is 11.4. The van der Waals surface area contributed by atoms with Gasteiger partial charge >= 0.3 is 5.97 Å². The minimum absolute atomic E-state index is 0.0199. The predicted molar refractivity (Wildman–Crippen MR) is 120 cm³/mol. The molecule has 0 aromatic carbocycles. The van der Waals surface area contributed by atoms with Crippen molar-refractivity contribution in [2.75, 3.05) is 39.6 Å². The lowest BCUT2D eigenvalue weighted by molar-refractivity contribution is -0.155. The van der Waals surface area contributed by atoms with Crippen molar-refractivity contribution < 1.29 is 33.6 Å². The van der Waals surface area contributed by atoms with Gasteiger partial charge in [0.05, 0.1) is 33.0 Å². The number of ketones is 1. The third kappa shape index (κ3) is 15.0. The van der Waals surface area contributed by atoms with E-state index >= 15 is 0 Å². The molecule has 0 spiro atoms. The molecule has 182 valence electrons. The highest BCUT2D eigenvalue weighted by Gasteiger charge is 2.15. The zero-order chi connectivity index (χ0) is 23.7. The standard InChI is InChI=1S/C24H39NO7/c1-24(2,3)32-23(28)9-5-7-13-30-15-17-31-16-14-29-12-6-4-8-22(27)21-18-20(19-26)10-11-25-21/h10-11,18,26H,4-9,12-17,19H2,1-3H3. The van der Waals surface area contributed by atoms with Crippen LogP contribution in [0.5, 0.6) is 0 Å². The number of esters is 1. The van der Waals surface area contributed by atoms with Crippen molar-refractivity contribution in [3.05, 3.63) is 29.6 Å². The van der Waals surface area contributed by atoms with Crippen LogP contribution < -0.4 is 0 Å². The Bertz CT molecular complexity index is 658. The number of pyridine rings is 1. The van der Waals surface area contributed by atoms with E-state index in [4.69, 9.17) is 24.1 Å². The molecule has 0 aliphatic carbocycles. The van der Waals surface area contributed by atoms with Gasteiger partial charge in [-0.25, -0.2) is 0 Å². The first-order chi connectivity index (χ1) is 15.3. The molecular formula is C24H39NO7. The number of hydrogen-bond acceptors (Lipinski definition) is 8. The van der Waals surface area contributed by atoms with Gasteiger partial charge in [-0.05, 0) is 64.2 Å². The SMILES string of the molecule is CC(C)(C)OC(=O)CCCCOCCOCCOCCCCC(=O)c1cc(CO)ccn1. The lowest BCUT2D eigenvalue weighted by Gasteiger charge is -2.19. The van der Waals surface area contributed by atoms with E-state index in [1.54, 1.807) is 18.3 Å². The van der Waals surface area contributed by atoms with Gasteiger partial charge in [-0.2, -0.15) is 0 Å². The average Bonchev–Trinajstić information content (AvgIpc) is 2.75. The van der Waals surface area contributed by atoms with E-state index < -0.39 is 5.60 Å². The third-order valence-corrected chi connectivity index (χ3v) is 4.32. The highest BCUT2D eigenvalue weighted by molar-refractivity contribution is 5.94. The molecule has 1 aromatic rings. The summed E-state index contributed by atoms with van der Waals surface area (Å²) in [5, 5.41) is 9.11. The van der Waals surface area contributed by atoms with E-state index in [2.05, 4.69) is 4.98 Å². The van der Waals surface area contributed by atoms with Crippen LogP contribution in [0.1, 0.15) is 75.3 Å². The Morgan fingerprint density at radius 1 is 0.875 bits per heavy atom. The van der Waals surface area contributed by atoms with Crippen molar-refractivity contribution in [1.29, 1.82) is 0 Å². The zero-order valence-corrected chi connectivity index (χ0v) is 19.8. The summed E-state index contributed by atoms with van der Waals surface area (Å²) < 4.78 is 21.7. The molecule has 0 aliphatic heterocycles. The summed E-state index contributed by atoms with van der Waals surface area (Å²) in [6.45, 7) is 8.69. The number of nitrogens with zero attached hydrogens (tertiary/aromatic N) is 1. The Morgan fingerprint density at radius 3 is 2.00 bits per heavy atom. The smallest absolute Gasteiger partial charge is 0.306 e. The van der Waals surface area contributed by atoms with Crippen LogP contribution in [0.3, 0.4) is 0 Å². The molecule has 1 N–H and O–H groups in total. The molecule has 8 nitrogen and oxygen atoms in total. The topological polar surface area (TPSA) is 104 Å². The van der Waals surface area contributed by atoms with E-state index in [9.17, 15) is 9.59 Å². The molecule has 0 radical (unpaired) electrons. The maximum Gasteiger partial charge on any atom is 0.306 e. The average molecular weight is 454 g/mol. The van der Waals surface area contributed by atoms with Gasteiger partial charge in [-0.3, -0.25) is 14.6 Å². The van der Waals surface area contributed by atoms with Crippen molar-refractivity contribution in [2.24, 2.45) is 0 Å². The van der Waals surface area contributed by atoms with E-state index in [0.717, 1.165) is 25.7 Å². The molecule has 1 aromatic heterocycles. The lowest BCUT2D eigenvalue weighted by Crippen LogP contribution is -2.23. The second-order valence-corrected chi connectivity index (χ2v) is 8.47. The van der Waals surface area contributed by atoms with E-state index in [-0.39, 0.29) is 18.4 Å². The molecule has 0 fully saturated rings. The van der Waals surface area contributed by atoms with Gasteiger partial charge in [0, 0.05) is 32.3 Å². The normalized spacial score (nSPS) is 11.5. The van der Waals surface area contributed by atoms with Gasteiger partial charge in [0.1, 0.15) is 11.3 Å². The second kappa shape index (κ2) is 16.7. The summed E-state index contributed by atoms with van der Waals surface area (Å²) in [4.78, 5) is 27.7. The van der Waals surface area contributed by atoms with Crippen LogP contribution in [0.25, 0.3) is 0 Å². The Labute approximate surface area is 191 Å². The number of rotatable bonds is 18. The van der Waals surface area contributed by atoms with Crippen LogP contribution in [0.4, 0.5) is 0 Å². The summed E-state index contributed by atoms with van der Waals surface area (Å²) in [5.74, 6) is -0.189. The summed E-state index contributed by atoms with van der Waals surface area (Å²) in [5.41, 5.74) is 0.658. The van der Waals surface area contributed by atoms with Crippen LogP contribution in [-0.2, 0) is 30.3 Å². The molecule has 0 amide bonds. The highest BCUT2D eigenvalue weighted by atomic mass is 16.6. The maximum absolute atomic E-state index is 12.1. The fourth-order valence-corrected chi connectivity index (χ4v) is 2.75. The van der Waals surface area contributed by atoms with E-state index in [1.165, 1.54) is 0 Å². The quantitative estimate of drug-likeness (QED) is 0.205. The van der Waals surface area contributed by atoms with Gasteiger partial charge in [0.2, 0.25) is 0 Å². The van der Waals surface area contributed by atoms with Crippen molar-refractivity contribution in [1.82, 2.24) is 4.98 Å².